The number of rotatable bonds is 32. The molecule has 2 saturated heterocycles. The third kappa shape index (κ3) is 26.2. The molecule has 11 atom stereocenters. The van der Waals surface area contributed by atoms with Gasteiger partial charge in [-0.1, -0.05) is 166 Å². The lowest BCUT2D eigenvalue weighted by Gasteiger charge is -2.42. The fourth-order valence-electron chi connectivity index (χ4n) is 6.29. The van der Waals surface area contributed by atoms with Crippen molar-refractivity contribution in [1.29, 1.82) is 0 Å². The summed E-state index contributed by atoms with van der Waals surface area (Å²) in [4.78, 5) is 25.7. The molecular weight excluding hydrogens is 877 g/mol. The monoisotopic (exact) mass is 953 g/mol. The number of hydrogen-bond acceptors (Lipinski definition) is 15. The summed E-state index contributed by atoms with van der Waals surface area (Å²) in [6.45, 7) is 2.11. The molecule has 0 saturated carbocycles. The van der Waals surface area contributed by atoms with Gasteiger partial charge in [0, 0.05) is 12.8 Å². The SMILES string of the molecule is CC/C=C/C=C/C=C/C=C/C=C/C=C/C=C/CCCCCC(=O)OCC(CO[C@@H]1O[C@H](CO[C@@H]2O[C@H](CO)[C@H](O)C(O)C2O)[C@H](O)C(O)C1O)OC(=O)CCC/C=C/C=C/C=C/C=C/C=C/CC. The van der Waals surface area contributed by atoms with Crippen molar-refractivity contribution >= 4 is 11.9 Å². The van der Waals surface area contributed by atoms with Gasteiger partial charge < -0.3 is 64.2 Å². The Labute approximate surface area is 402 Å². The third-order valence-electron chi connectivity index (χ3n) is 10.1. The van der Waals surface area contributed by atoms with Crippen LogP contribution < -0.4 is 0 Å². The van der Waals surface area contributed by atoms with Gasteiger partial charge in [-0.2, -0.15) is 0 Å². The zero-order chi connectivity index (χ0) is 49.6. The largest absolute Gasteiger partial charge is 0.462 e. The molecule has 15 heteroatoms. The van der Waals surface area contributed by atoms with Crippen molar-refractivity contribution in [1.82, 2.24) is 0 Å². The van der Waals surface area contributed by atoms with Gasteiger partial charge in [-0.05, 0) is 44.9 Å². The average molecular weight is 953 g/mol. The molecule has 0 aromatic heterocycles. The number of aliphatic hydroxyl groups is 7. The highest BCUT2D eigenvalue weighted by atomic mass is 16.7. The van der Waals surface area contributed by atoms with Gasteiger partial charge in [0.1, 0.15) is 55.4 Å². The van der Waals surface area contributed by atoms with E-state index >= 15 is 0 Å². The maximum atomic E-state index is 12.9. The summed E-state index contributed by atoms with van der Waals surface area (Å²) in [6.07, 6.45) is 36.1. The number of allylic oxidation sites excluding steroid dienone is 24. The first-order valence-corrected chi connectivity index (χ1v) is 23.6. The number of unbranched alkanes of at least 4 members (excludes halogenated alkanes) is 4. The van der Waals surface area contributed by atoms with Crippen molar-refractivity contribution in [2.75, 3.05) is 26.4 Å². The molecule has 5 unspecified atom stereocenters. The number of esters is 2. The van der Waals surface area contributed by atoms with E-state index in [1.807, 2.05) is 128 Å². The van der Waals surface area contributed by atoms with E-state index < -0.39 is 99.3 Å². The highest BCUT2D eigenvalue weighted by molar-refractivity contribution is 5.70. The smallest absolute Gasteiger partial charge is 0.306 e. The van der Waals surface area contributed by atoms with Gasteiger partial charge in [0.25, 0.3) is 0 Å². The molecule has 2 aliphatic heterocycles. The average Bonchev–Trinajstić information content (AvgIpc) is 3.33. The summed E-state index contributed by atoms with van der Waals surface area (Å²) < 4.78 is 33.3. The lowest BCUT2D eigenvalue weighted by atomic mass is 9.98. The van der Waals surface area contributed by atoms with E-state index in [1.54, 1.807) is 0 Å². The van der Waals surface area contributed by atoms with Gasteiger partial charge in [-0.3, -0.25) is 9.59 Å². The second-order valence-corrected chi connectivity index (χ2v) is 15.8. The number of carbonyl (C=O) groups is 2. The summed E-state index contributed by atoms with van der Waals surface area (Å²) in [5.41, 5.74) is 0. The molecule has 68 heavy (non-hydrogen) atoms. The van der Waals surface area contributed by atoms with E-state index in [-0.39, 0.29) is 19.4 Å². The molecule has 2 fully saturated rings. The molecule has 0 aliphatic carbocycles. The van der Waals surface area contributed by atoms with Gasteiger partial charge in [0.2, 0.25) is 0 Å². The second kappa shape index (κ2) is 38.3. The Morgan fingerprint density at radius 2 is 0.897 bits per heavy atom. The van der Waals surface area contributed by atoms with E-state index in [0.29, 0.717) is 19.3 Å². The minimum atomic E-state index is -1.80. The molecule has 2 heterocycles. The van der Waals surface area contributed by atoms with Gasteiger partial charge in [0.15, 0.2) is 18.7 Å². The van der Waals surface area contributed by atoms with E-state index in [9.17, 15) is 45.3 Å². The van der Waals surface area contributed by atoms with Crippen molar-refractivity contribution in [3.63, 3.8) is 0 Å². The lowest BCUT2D eigenvalue weighted by molar-refractivity contribution is -0.332. The Balaban J connectivity index is 1.90. The molecular formula is C53H76O15. The molecule has 15 nitrogen and oxygen atoms in total. The highest BCUT2D eigenvalue weighted by Gasteiger charge is 2.47. The molecule has 2 aliphatic rings. The number of ether oxygens (including phenoxy) is 6. The van der Waals surface area contributed by atoms with E-state index in [0.717, 1.165) is 32.1 Å². The predicted molar refractivity (Wildman–Crippen MR) is 260 cm³/mol. The second-order valence-electron chi connectivity index (χ2n) is 15.8. The molecule has 0 bridgehead atoms. The van der Waals surface area contributed by atoms with Gasteiger partial charge in [-0.25, -0.2) is 0 Å². The van der Waals surface area contributed by atoms with Crippen LogP contribution in [0.4, 0.5) is 0 Å². The van der Waals surface area contributed by atoms with Crippen LogP contribution in [-0.4, -0.2) is 142 Å². The van der Waals surface area contributed by atoms with Gasteiger partial charge in [-0.15, -0.1) is 0 Å². The normalized spacial score (nSPS) is 27.1. The molecule has 0 radical (unpaired) electrons. The minimum absolute atomic E-state index is 0.0470. The summed E-state index contributed by atoms with van der Waals surface area (Å²) in [5.74, 6) is -1.09. The quantitative estimate of drug-likeness (QED) is 0.0244. The number of aliphatic hydroxyl groups excluding tert-OH is 7. The Kier molecular flexibility index (Phi) is 33.5. The van der Waals surface area contributed by atoms with Crippen LogP contribution >= 0.6 is 0 Å². The zero-order valence-electron chi connectivity index (χ0n) is 39.5. The minimum Gasteiger partial charge on any atom is -0.462 e. The van der Waals surface area contributed by atoms with Crippen LogP contribution in [0, 0.1) is 0 Å². The first-order chi connectivity index (χ1) is 33.0. The standard InChI is InChI=1S/C53H76O15/c1-3-5-7-9-11-13-15-17-18-19-20-21-22-24-25-27-29-31-33-35-44(55)63-38-41(66-45(56)36-34-32-30-28-26-23-16-14-12-10-8-6-4-2)39-64-52-51(62)49(60)47(58)43(68-52)40-65-53-50(61)48(59)46(57)42(37-54)67-53/h5-26,28,30,41-43,46-54,57-62H,3-4,27,29,31-40H2,1-2H3/b7-5+,8-6+,11-9+,12-10+,15-13+,16-14+,18-17+,20-19+,22-21+,25-24+,26-23+,30-28+/t41?,42-,43-,46+,47+,48?,49?,50?,51?,52-,53-/m1/s1. The number of hydrogen-bond donors (Lipinski definition) is 7. The van der Waals surface area contributed by atoms with Crippen LogP contribution in [-0.2, 0) is 38.0 Å². The summed E-state index contributed by atoms with van der Waals surface area (Å²) in [5, 5.41) is 71.9. The first-order valence-electron chi connectivity index (χ1n) is 23.6. The van der Waals surface area contributed by atoms with Crippen molar-refractivity contribution in [2.24, 2.45) is 0 Å². The maximum absolute atomic E-state index is 12.9. The maximum Gasteiger partial charge on any atom is 0.306 e. The fourth-order valence-corrected chi connectivity index (χ4v) is 6.29. The Bertz CT molecular complexity index is 1740. The van der Waals surface area contributed by atoms with Crippen LogP contribution in [0.3, 0.4) is 0 Å². The van der Waals surface area contributed by atoms with Crippen molar-refractivity contribution in [2.45, 2.75) is 146 Å². The van der Waals surface area contributed by atoms with E-state index in [1.165, 1.54) is 0 Å². The van der Waals surface area contributed by atoms with Crippen LogP contribution in [0.1, 0.15) is 78.1 Å². The molecule has 0 spiro atoms. The van der Waals surface area contributed by atoms with Crippen molar-refractivity contribution in [3.8, 4) is 0 Å². The van der Waals surface area contributed by atoms with E-state index in [4.69, 9.17) is 28.4 Å². The molecule has 0 amide bonds. The topological polar surface area (TPSA) is 231 Å². The third-order valence-corrected chi connectivity index (χ3v) is 10.1. The van der Waals surface area contributed by atoms with Crippen LogP contribution in [0.15, 0.2) is 146 Å². The molecule has 0 aromatic carbocycles. The molecule has 0 aromatic rings. The zero-order valence-corrected chi connectivity index (χ0v) is 39.5. The highest BCUT2D eigenvalue weighted by Crippen LogP contribution is 2.26. The fraction of sp³-hybridized carbons (Fsp3) is 0.509. The first kappa shape index (κ1) is 59.5. The van der Waals surface area contributed by atoms with E-state index in [2.05, 4.69) is 32.1 Å². The Morgan fingerprint density at radius 3 is 1.40 bits per heavy atom. The summed E-state index contributed by atoms with van der Waals surface area (Å²) in [7, 11) is 0. The molecule has 2 rings (SSSR count). The molecule has 378 valence electrons. The van der Waals surface area contributed by atoms with Crippen LogP contribution in [0.25, 0.3) is 0 Å². The van der Waals surface area contributed by atoms with Crippen LogP contribution in [0.5, 0.6) is 0 Å². The van der Waals surface area contributed by atoms with Gasteiger partial charge >= 0.3 is 11.9 Å². The van der Waals surface area contributed by atoms with Gasteiger partial charge in [0.05, 0.1) is 19.8 Å². The molecule has 7 N–H and O–H groups in total. The lowest BCUT2D eigenvalue weighted by Crippen LogP contribution is -2.61. The Morgan fingerprint density at radius 1 is 0.471 bits per heavy atom. The summed E-state index contributed by atoms with van der Waals surface area (Å²) in [6, 6.07) is 0. The van der Waals surface area contributed by atoms with Crippen molar-refractivity contribution < 1.29 is 73.8 Å². The van der Waals surface area contributed by atoms with Crippen LogP contribution in [0.2, 0.25) is 0 Å². The Hall–Kier alpha value is -4.62. The summed E-state index contributed by atoms with van der Waals surface area (Å²) >= 11 is 0. The van der Waals surface area contributed by atoms with Crippen molar-refractivity contribution in [3.05, 3.63) is 146 Å². The predicted octanol–water partition coefficient (Wildman–Crippen LogP) is 5.70. The number of carbonyl (C=O) groups excluding carboxylic acids is 2.